The van der Waals surface area contributed by atoms with E-state index in [0.29, 0.717) is 11.6 Å². The molecule has 2 heterocycles. The van der Waals surface area contributed by atoms with Gasteiger partial charge in [0.05, 0.1) is 6.04 Å². The summed E-state index contributed by atoms with van der Waals surface area (Å²) in [6.07, 6.45) is 10.7. The Morgan fingerprint density at radius 1 is 1.19 bits per heavy atom. The van der Waals surface area contributed by atoms with Gasteiger partial charge in [0, 0.05) is 30.5 Å². The van der Waals surface area contributed by atoms with Gasteiger partial charge < -0.3 is 14.5 Å². The Morgan fingerprint density at radius 3 is 2.59 bits per heavy atom. The van der Waals surface area contributed by atoms with Gasteiger partial charge in [-0.1, -0.05) is 25.0 Å². The van der Waals surface area contributed by atoms with E-state index in [4.69, 9.17) is 0 Å². The zero-order valence-electron chi connectivity index (χ0n) is 15.6. The van der Waals surface area contributed by atoms with Crippen molar-refractivity contribution < 1.29 is 4.79 Å². The van der Waals surface area contributed by atoms with Crippen LogP contribution in [0, 0.1) is 0 Å². The van der Waals surface area contributed by atoms with E-state index < -0.39 is 0 Å². The van der Waals surface area contributed by atoms with E-state index in [1.807, 2.05) is 55.7 Å². The van der Waals surface area contributed by atoms with Crippen LogP contribution in [0.5, 0.6) is 0 Å². The molecule has 6 heteroatoms. The Kier molecular flexibility index (Phi) is 5.05. The van der Waals surface area contributed by atoms with Crippen LogP contribution in [-0.2, 0) is 6.54 Å². The molecule has 1 atom stereocenters. The molecule has 1 aliphatic rings. The number of benzene rings is 1. The standard InChI is InChI=1S/C21H25N5O/c1-16(20-24-22-15-26(20)19-6-2-3-7-19)23-21(27)18-10-8-17(9-11-18)14-25-12-4-5-13-25/h4-5,8-13,15-16,19H,2-3,6-7,14H2,1H3,(H,23,27). The summed E-state index contributed by atoms with van der Waals surface area (Å²) in [5.41, 5.74) is 1.82. The van der Waals surface area contributed by atoms with Crippen molar-refractivity contribution in [3.63, 3.8) is 0 Å². The Hall–Kier alpha value is -2.89. The molecule has 140 valence electrons. The average molecular weight is 363 g/mol. The summed E-state index contributed by atoms with van der Waals surface area (Å²) < 4.78 is 4.24. The second-order valence-corrected chi connectivity index (χ2v) is 7.28. The predicted octanol–water partition coefficient (Wildman–Crippen LogP) is 3.73. The molecule has 4 rings (SSSR count). The number of carbonyl (C=O) groups excluding carboxylic acids is 1. The van der Waals surface area contributed by atoms with Crippen LogP contribution in [0.2, 0.25) is 0 Å². The maximum atomic E-state index is 12.6. The van der Waals surface area contributed by atoms with E-state index in [2.05, 4.69) is 24.6 Å². The molecule has 0 aliphatic heterocycles. The molecule has 1 fully saturated rings. The van der Waals surface area contributed by atoms with Gasteiger partial charge in [0.2, 0.25) is 0 Å². The molecular formula is C21H25N5O. The Balaban J connectivity index is 1.40. The lowest BCUT2D eigenvalue weighted by atomic mass is 10.1. The lowest BCUT2D eigenvalue weighted by Crippen LogP contribution is -2.29. The monoisotopic (exact) mass is 363 g/mol. The molecule has 6 nitrogen and oxygen atoms in total. The minimum absolute atomic E-state index is 0.0870. The summed E-state index contributed by atoms with van der Waals surface area (Å²) in [7, 11) is 0. The van der Waals surface area contributed by atoms with E-state index in [9.17, 15) is 4.79 Å². The van der Waals surface area contributed by atoms with Crippen LogP contribution in [-0.4, -0.2) is 25.2 Å². The molecule has 1 amide bonds. The molecule has 0 radical (unpaired) electrons. The zero-order chi connectivity index (χ0) is 18.6. The number of rotatable bonds is 6. The van der Waals surface area contributed by atoms with Crippen molar-refractivity contribution in [3.8, 4) is 0 Å². The first-order valence-corrected chi connectivity index (χ1v) is 9.60. The van der Waals surface area contributed by atoms with E-state index in [1.165, 1.54) is 12.8 Å². The number of nitrogens with zero attached hydrogens (tertiary/aromatic N) is 4. The lowest BCUT2D eigenvalue weighted by Gasteiger charge is -2.18. The third-order valence-corrected chi connectivity index (χ3v) is 5.30. The van der Waals surface area contributed by atoms with Gasteiger partial charge in [-0.15, -0.1) is 10.2 Å². The molecular weight excluding hydrogens is 338 g/mol. The van der Waals surface area contributed by atoms with Crippen LogP contribution < -0.4 is 5.32 Å². The van der Waals surface area contributed by atoms with Gasteiger partial charge in [-0.25, -0.2) is 0 Å². The Morgan fingerprint density at radius 2 is 1.89 bits per heavy atom. The summed E-state index contributed by atoms with van der Waals surface area (Å²) in [5, 5.41) is 11.4. The highest BCUT2D eigenvalue weighted by atomic mass is 16.1. The van der Waals surface area contributed by atoms with E-state index in [1.54, 1.807) is 6.33 Å². The molecule has 1 aliphatic carbocycles. The second kappa shape index (κ2) is 7.78. The topological polar surface area (TPSA) is 64.7 Å². The van der Waals surface area contributed by atoms with Gasteiger partial charge in [-0.05, 0) is 49.6 Å². The van der Waals surface area contributed by atoms with Crippen molar-refractivity contribution in [2.45, 2.75) is 51.2 Å². The summed E-state index contributed by atoms with van der Waals surface area (Å²) in [6, 6.07) is 12.1. The lowest BCUT2D eigenvalue weighted by molar-refractivity contribution is 0.0937. The van der Waals surface area contributed by atoms with Crippen LogP contribution in [0.3, 0.4) is 0 Å². The first kappa shape index (κ1) is 17.5. The Labute approximate surface area is 159 Å². The summed E-state index contributed by atoms with van der Waals surface area (Å²) in [6.45, 7) is 2.77. The second-order valence-electron chi connectivity index (χ2n) is 7.28. The van der Waals surface area contributed by atoms with Gasteiger partial charge in [-0.3, -0.25) is 4.79 Å². The van der Waals surface area contributed by atoms with Crippen LogP contribution >= 0.6 is 0 Å². The third-order valence-electron chi connectivity index (χ3n) is 5.30. The number of aromatic nitrogens is 4. The van der Waals surface area contributed by atoms with Gasteiger partial charge >= 0.3 is 0 Å². The third kappa shape index (κ3) is 3.94. The highest BCUT2D eigenvalue weighted by Crippen LogP contribution is 2.31. The largest absolute Gasteiger partial charge is 0.350 e. The SMILES string of the molecule is CC(NC(=O)c1ccc(Cn2cccc2)cc1)c1nncn1C1CCCC1. The van der Waals surface area contributed by atoms with Gasteiger partial charge in [-0.2, -0.15) is 0 Å². The molecule has 0 saturated heterocycles. The number of nitrogens with one attached hydrogen (secondary N) is 1. The van der Waals surface area contributed by atoms with Crippen molar-refractivity contribution in [1.29, 1.82) is 0 Å². The van der Waals surface area contributed by atoms with E-state index >= 15 is 0 Å². The summed E-state index contributed by atoms with van der Waals surface area (Å²) >= 11 is 0. The van der Waals surface area contributed by atoms with Gasteiger partial charge in [0.25, 0.3) is 5.91 Å². The van der Waals surface area contributed by atoms with Crippen molar-refractivity contribution in [1.82, 2.24) is 24.6 Å². The first-order valence-electron chi connectivity index (χ1n) is 9.60. The molecule has 27 heavy (non-hydrogen) atoms. The Bertz CT molecular complexity index is 876. The first-order chi connectivity index (χ1) is 13.2. The smallest absolute Gasteiger partial charge is 0.251 e. The number of hydrogen-bond donors (Lipinski definition) is 1. The van der Waals surface area contributed by atoms with Crippen molar-refractivity contribution in [2.24, 2.45) is 0 Å². The van der Waals surface area contributed by atoms with Crippen molar-refractivity contribution >= 4 is 5.91 Å². The molecule has 0 spiro atoms. The van der Waals surface area contributed by atoms with Gasteiger partial charge in [0.1, 0.15) is 6.33 Å². The maximum absolute atomic E-state index is 12.6. The van der Waals surface area contributed by atoms with Crippen LogP contribution in [0.4, 0.5) is 0 Å². The number of amides is 1. The minimum atomic E-state index is -0.180. The highest BCUT2D eigenvalue weighted by molar-refractivity contribution is 5.94. The molecule has 1 unspecified atom stereocenters. The zero-order valence-corrected chi connectivity index (χ0v) is 15.6. The van der Waals surface area contributed by atoms with Crippen LogP contribution in [0.15, 0.2) is 55.1 Å². The maximum Gasteiger partial charge on any atom is 0.251 e. The van der Waals surface area contributed by atoms with Crippen LogP contribution in [0.1, 0.15) is 66.4 Å². The fourth-order valence-electron chi connectivity index (χ4n) is 3.82. The number of carbonyl (C=O) groups is 1. The summed E-state index contributed by atoms with van der Waals surface area (Å²) in [5.74, 6) is 0.746. The normalized spacial score (nSPS) is 15.7. The fraction of sp³-hybridized carbons (Fsp3) is 0.381. The highest BCUT2D eigenvalue weighted by Gasteiger charge is 2.23. The molecule has 0 bridgehead atoms. The molecule has 1 N–H and O–H groups in total. The average Bonchev–Trinajstić information content (AvgIpc) is 3.43. The molecule has 1 saturated carbocycles. The fourth-order valence-corrected chi connectivity index (χ4v) is 3.82. The van der Waals surface area contributed by atoms with E-state index in [0.717, 1.165) is 30.8 Å². The molecule has 2 aromatic heterocycles. The van der Waals surface area contributed by atoms with Crippen molar-refractivity contribution in [2.75, 3.05) is 0 Å². The molecule has 3 aromatic rings. The van der Waals surface area contributed by atoms with E-state index in [-0.39, 0.29) is 11.9 Å². The quantitative estimate of drug-likeness (QED) is 0.726. The molecule has 1 aromatic carbocycles. The minimum Gasteiger partial charge on any atom is -0.350 e. The van der Waals surface area contributed by atoms with Gasteiger partial charge in [0.15, 0.2) is 5.82 Å². The van der Waals surface area contributed by atoms with Crippen LogP contribution in [0.25, 0.3) is 0 Å². The van der Waals surface area contributed by atoms with Crippen molar-refractivity contribution in [3.05, 3.63) is 72.1 Å². The summed E-state index contributed by atoms with van der Waals surface area (Å²) in [4.78, 5) is 12.6. The number of hydrogen-bond acceptors (Lipinski definition) is 3. The predicted molar refractivity (Wildman–Crippen MR) is 103 cm³/mol.